The van der Waals surface area contributed by atoms with Gasteiger partial charge in [0.25, 0.3) is 0 Å². The molecule has 1 fully saturated rings. The van der Waals surface area contributed by atoms with Gasteiger partial charge >= 0.3 is 0 Å². The molecule has 0 aliphatic heterocycles. The maximum atomic E-state index is 13.0. The van der Waals surface area contributed by atoms with E-state index in [0.717, 1.165) is 5.56 Å². The average Bonchev–Trinajstić information content (AvgIpc) is 2.55. The summed E-state index contributed by atoms with van der Waals surface area (Å²) in [6, 6.07) is 14.2. The summed E-state index contributed by atoms with van der Waals surface area (Å²) in [5.74, 6) is -2.99. The van der Waals surface area contributed by atoms with Crippen LogP contribution in [0.1, 0.15) is 34.7 Å². The zero-order valence-electron chi connectivity index (χ0n) is 12.4. The third-order valence-electron chi connectivity index (χ3n) is 4.20. The van der Waals surface area contributed by atoms with E-state index in [-0.39, 0.29) is 36.1 Å². The molecule has 0 radical (unpaired) electrons. The predicted octanol–water partition coefficient (Wildman–Crippen LogP) is 3.34. The normalized spacial score (nSPS) is 21.3. The van der Waals surface area contributed by atoms with Gasteiger partial charge in [-0.15, -0.1) is 0 Å². The quantitative estimate of drug-likeness (QED) is 0.645. The molecule has 0 heterocycles. The summed E-state index contributed by atoms with van der Waals surface area (Å²) in [5, 5.41) is 0. The van der Waals surface area contributed by atoms with E-state index in [9.17, 15) is 18.8 Å². The van der Waals surface area contributed by atoms with E-state index in [1.807, 2.05) is 0 Å². The van der Waals surface area contributed by atoms with Crippen LogP contribution in [0.3, 0.4) is 0 Å². The van der Waals surface area contributed by atoms with Gasteiger partial charge in [0.15, 0.2) is 17.3 Å². The number of carbonyl (C=O) groups is 3. The number of rotatable bonds is 3. The molecule has 116 valence electrons. The van der Waals surface area contributed by atoms with E-state index >= 15 is 0 Å². The third-order valence-corrected chi connectivity index (χ3v) is 4.20. The molecule has 0 amide bonds. The molecule has 4 heteroatoms. The number of carbonyl (C=O) groups excluding carboxylic acids is 3. The van der Waals surface area contributed by atoms with E-state index in [2.05, 4.69) is 0 Å². The fourth-order valence-corrected chi connectivity index (χ4v) is 3.01. The summed E-state index contributed by atoms with van der Waals surface area (Å²) in [6.07, 6.45) is 0.251. The summed E-state index contributed by atoms with van der Waals surface area (Å²) in [6.45, 7) is 0. The zero-order valence-corrected chi connectivity index (χ0v) is 12.4. The van der Waals surface area contributed by atoms with Gasteiger partial charge in [0.2, 0.25) is 0 Å². The Hall–Kier alpha value is -2.62. The van der Waals surface area contributed by atoms with Crippen LogP contribution in [0.5, 0.6) is 0 Å². The second kappa shape index (κ2) is 6.24. The standard InChI is InChI=1S/C19H15FO3/c20-15-8-6-12(7-9-15)14-10-16(21)18(17(22)11-14)19(23)13-4-2-1-3-5-13/h1-9,14,18H,10-11H2. The summed E-state index contributed by atoms with van der Waals surface area (Å²) >= 11 is 0. The average molecular weight is 310 g/mol. The Morgan fingerprint density at radius 3 is 2.00 bits per heavy atom. The van der Waals surface area contributed by atoms with Gasteiger partial charge in [0.1, 0.15) is 11.7 Å². The Bertz CT molecular complexity index is 732. The Morgan fingerprint density at radius 2 is 1.43 bits per heavy atom. The Kier molecular flexibility index (Phi) is 4.15. The van der Waals surface area contributed by atoms with Crippen LogP contribution in [0.2, 0.25) is 0 Å². The van der Waals surface area contributed by atoms with Crippen LogP contribution in [0.15, 0.2) is 54.6 Å². The molecule has 2 aromatic carbocycles. The molecule has 3 nitrogen and oxygen atoms in total. The molecule has 0 unspecified atom stereocenters. The third kappa shape index (κ3) is 3.11. The van der Waals surface area contributed by atoms with Crippen molar-refractivity contribution < 1.29 is 18.8 Å². The van der Waals surface area contributed by atoms with Crippen molar-refractivity contribution in [3.8, 4) is 0 Å². The highest BCUT2D eigenvalue weighted by atomic mass is 19.1. The van der Waals surface area contributed by atoms with Crippen molar-refractivity contribution in [1.29, 1.82) is 0 Å². The summed E-state index contributed by atoms with van der Waals surface area (Å²) in [4.78, 5) is 37.1. The van der Waals surface area contributed by atoms with Crippen molar-refractivity contribution in [3.63, 3.8) is 0 Å². The van der Waals surface area contributed by atoms with Gasteiger partial charge in [-0.05, 0) is 23.6 Å². The van der Waals surface area contributed by atoms with Gasteiger partial charge < -0.3 is 0 Å². The lowest BCUT2D eigenvalue weighted by Crippen LogP contribution is -2.38. The molecule has 2 aromatic rings. The summed E-state index contributed by atoms with van der Waals surface area (Å²) < 4.78 is 13.0. The van der Waals surface area contributed by atoms with Gasteiger partial charge in [-0.2, -0.15) is 0 Å². The lowest BCUT2D eigenvalue weighted by Gasteiger charge is -2.26. The Balaban J connectivity index is 1.80. The van der Waals surface area contributed by atoms with Crippen molar-refractivity contribution in [1.82, 2.24) is 0 Å². The molecule has 23 heavy (non-hydrogen) atoms. The van der Waals surface area contributed by atoms with Crippen molar-refractivity contribution in [2.75, 3.05) is 0 Å². The first-order valence-corrected chi connectivity index (χ1v) is 7.46. The predicted molar refractivity (Wildman–Crippen MR) is 82.7 cm³/mol. The molecule has 1 saturated carbocycles. The maximum absolute atomic E-state index is 13.0. The van der Waals surface area contributed by atoms with Gasteiger partial charge in [-0.25, -0.2) is 4.39 Å². The minimum atomic E-state index is -1.20. The lowest BCUT2D eigenvalue weighted by molar-refractivity contribution is -0.133. The van der Waals surface area contributed by atoms with Crippen LogP contribution >= 0.6 is 0 Å². The number of Topliss-reactive ketones (excluding diaryl/α,β-unsaturated/α-hetero) is 3. The molecular weight excluding hydrogens is 295 g/mol. The van der Waals surface area contributed by atoms with E-state index in [1.165, 1.54) is 12.1 Å². The number of benzene rings is 2. The Morgan fingerprint density at radius 1 is 0.870 bits per heavy atom. The molecular formula is C19H15FO3. The van der Waals surface area contributed by atoms with Crippen LogP contribution in [0.4, 0.5) is 4.39 Å². The highest BCUT2D eigenvalue weighted by Crippen LogP contribution is 2.33. The number of hydrogen-bond acceptors (Lipinski definition) is 3. The first-order valence-electron chi connectivity index (χ1n) is 7.46. The van der Waals surface area contributed by atoms with E-state index in [4.69, 9.17) is 0 Å². The molecule has 0 aromatic heterocycles. The van der Waals surface area contributed by atoms with Crippen LogP contribution in [0, 0.1) is 11.7 Å². The number of halogens is 1. The highest BCUT2D eigenvalue weighted by Gasteiger charge is 2.40. The first kappa shape index (κ1) is 15.3. The van der Waals surface area contributed by atoms with Crippen LogP contribution in [-0.4, -0.2) is 17.3 Å². The highest BCUT2D eigenvalue weighted by molar-refractivity contribution is 6.25. The van der Waals surface area contributed by atoms with Gasteiger partial charge in [-0.1, -0.05) is 42.5 Å². The molecule has 0 bridgehead atoms. The van der Waals surface area contributed by atoms with Crippen LogP contribution in [0.25, 0.3) is 0 Å². The molecule has 3 rings (SSSR count). The van der Waals surface area contributed by atoms with Crippen molar-refractivity contribution >= 4 is 17.3 Å². The number of hydrogen-bond donors (Lipinski definition) is 0. The fraction of sp³-hybridized carbons (Fsp3) is 0.211. The Labute approximate surface area is 133 Å². The van der Waals surface area contributed by atoms with Crippen molar-refractivity contribution in [3.05, 3.63) is 71.5 Å². The number of ketones is 3. The van der Waals surface area contributed by atoms with Crippen LogP contribution < -0.4 is 0 Å². The van der Waals surface area contributed by atoms with Gasteiger partial charge in [-0.3, -0.25) is 14.4 Å². The van der Waals surface area contributed by atoms with Crippen molar-refractivity contribution in [2.24, 2.45) is 5.92 Å². The minimum absolute atomic E-state index is 0.126. The van der Waals surface area contributed by atoms with Gasteiger partial charge in [0, 0.05) is 18.4 Å². The first-order chi connectivity index (χ1) is 11.1. The molecule has 0 saturated heterocycles. The monoisotopic (exact) mass is 310 g/mol. The molecule has 0 N–H and O–H groups in total. The smallest absolute Gasteiger partial charge is 0.180 e. The lowest BCUT2D eigenvalue weighted by atomic mass is 9.74. The van der Waals surface area contributed by atoms with Crippen LogP contribution in [-0.2, 0) is 9.59 Å². The SMILES string of the molecule is O=C1CC(c2ccc(F)cc2)CC(=O)C1C(=O)c1ccccc1. The molecule has 1 aliphatic rings. The van der Waals surface area contributed by atoms with Crippen molar-refractivity contribution in [2.45, 2.75) is 18.8 Å². The fourth-order valence-electron chi connectivity index (χ4n) is 3.01. The van der Waals surface area contributed by atoms with E-state index in [0.29, 0.717) is 5.56 Å². The molecule has 1 aliphatic carbocycles. The summed E-state index contributed by atoms with van der Waals surface area (Å²) in [5.41, 5.74) is 1.12. The maximum Gasteiger partial charge on any atom is 0.180 e. The molecule has 0 spiro atoms. The zero-order chi connectivity index (χ0) is 16.4. The second-order valence-corrected chi connectivity index (χ2v) is 5.75. The van der Waals surface area contributed by atoms with E-state index in [1.54, 1.807) is 42.5 Å². The van der Waals surface area contributed by atoms with Gasteiger partial charge in [0.05, 0.1) is 0 Å². The largest absolute Gasteiger partial charge is 0.298 e. The summed E-state index contributed by atoms with van der Waals surface area (Å²) in [7, 11) is 0. The molecule has 0 atom stereocenters. The minimum Gasteiger partial charge on any atom is -0.298 e. The second-order valence-electron chi connectivity index (χ2n) is 5.75. The van der Waals surface area contributed by atoms with E-state index < -0.39 is 11.7 Å². The topological polar surface area (TPSA) is 51.2 Å².